The average molecular weight is 272 g/mol. The van der Waals surface area contributed by atoms with Gasteiger partial charge in [0.15, 0.2) is 0 Å². The number of benzene rings is 1. The van der Waals surface area contributed by atoms with E-state index < -0.39 is 0 Å². The fourth-order valence-corrected chi connectivity index (χ4v) is 1.73. The summed E-state index contributed by atoms with van der Waals surface area (Å²) < 4.78 is 10.2. The standard InChI is InChI=1S/C15H16N2O3/c1-19-14-7-3-6-13(17-14)10-20-15(18)9-11-4-2-5-12(16)8-11/h2-8H,9-10,16H2,1H3. The van der Waals surface area contributed by atoms with Crippen LogP contribution in [0, 0.1) is 0 Å². The van der Waals surface area contributed by atoms with Crippen molar-refractivity contribution in [1.82, 2.24) is 4.98 Å². The Morgan fingerprint density at radius 1 is 1.25 bits per heavy atom. The van der Waals surface area contributed by atoms with Crippen LogP contribution in [-0.2, 0) is 22.6 Å². The molecule has 0 bridgehead atoms. The van der Waals surface area contributed by atoms with E-state index in [2.05, 4.69) is 4.98 Å². The van der Waals surface area contributed by atoms with Gasteiger partial charge in [-0.3, -0.25) is 4.79 Å². The van der Waals surface area contributed by atoms with Crippen molar-refractivity contribution >= 4 is 11.7 Å². The van der Waals surface area contributed by atoms with Gasteiger partial charge >= 0.3 is 5.97 Å². The Balaban J connectivity index is 1.88. The van der Waals surface area contributed by atoms with Gasteiger partial charge < -0.3 is 15.2 Å². The number of esters is 1. The molecule has 0 fully saturated rings. The minimum atomic E-state index is -0.319. The van der Waals surface area contributed by atoms with Gasteiger partial charge in [0.25, 0.3) is 0 Å². The number of ether oxygens (including phenoxy) is 2. The summed E-state index contributed by atoms with van der Waals surface area (Å²) in [5, 5.41) is 0. The number of nitrogen functional groups attached to an aromatic ring is 1. The van der Waals surface area contributed by atoms with Crippen LogP contribution in [0.15, 0.2) is 42.5 Å². The van der Waals surface area contributed by atoms with E-state index in [1.807, 2.05) is 12.1 Å². The van der Waals surface area contributed by atoms with Crippen LogP contribution in [0.1, 0.15) is 11.3 Å². The summed E-state index contributed by atoms with van der Waals surface area (Å²) in [5.74, 6) is 0.176. The molecule has 2 aromatic rings. The molecule has 0 atom stereocenters. The number of hydrogen-bond donors (Lipinski definition) is 1. The van der Waals surface area contributed by atoms with Gasteiger partial charge in [-0.1, -0.05) is 18.2 Å². The number of nitrogens with zero attached hydrogens (tertiary/aromatic N) is 1. The van der Waals surface area contributed by atoms with Crippen molar-refractivity contribution < 1.29 is 14.3 Å². The second-order valence-electron chi connectivity index (χ2n) is 4.25. The molecule has 0 aliphatic carbocycles. The fourth-order valence-electron chi connectivity index (χ4n) is 1.73. The monoisotopic (exact) mass is 272 g/mol. The number of carbonyl (C=O) groups is 1. The van der Waals surface area contributed by atoms with Crippen molar-refractivity contribution in [3.8, 4) is 5.88 Å². The topological polar surface area (TPSA) is 74.4 Å². The van der Waals surface area contributed by atoms with E-state index in [1.54, 1.807) is 30.3 Å². The van der Waals surface area contributed by atoms with Crippen LogP contribution in [0.5, 0.6) is 5.88 Å². The number of aromatic nitrogens is 1. The summed E-state index contributed by atoms with van der Waals surface area (Å²) in [6.45, 7) is 0.123. The first-order chi connectivity index (χ1) is 9.67. The largest absolute Gasteiger partial charge is 0.481 e. The lowest BCUT2D eigenvalue weighted by molar-refractivity contribution is -0.144. The molecule has 0 aliphatic heterocycles. The highest BCUT2D eigenvalue weighted by molar-refractivity contribution is 5.73. The number of nitrogens with two attached hydrogens (primary N) is 1. The summed E-state index contributed by atoms with van der Waals surface area (Å²) in [6, 6.07) is 12.5. The summed E-state index contributed by atoms with van der Waals surface area (Å²) in [4.78, 5) is 15.9. The normalized spacial score (nSPS) is 10.1. The van der Waals surface area contributed by atoms with Gasteiger partial charge in [0.2, 0.25) is 5.88 Å². The van der Waals surface area contributed by atoms with E-state index in [0.29, 0.717) is 17.3 Å². The Hall–Kier alpha value is -2.56. The van der Waals surface area contributed by atoms with Crippen LogP contribution in [0.25, 0.3) is 0 Å². The summed E-state index contributed by atoms with van der Waals surface area (Å²) in [7, 11) is 1.54. The number of anilines is 1. The molecule has 0 saturated heterocycles. The van der Waals surface area contributed by atoms with E-state index in [1.165, 1.54) is 7.11 Å². The molecular formula is C15H16N2O3. The van der Waals surface area contributed by atoms with E-state index in [4.69, 9.17) is 15.2 Å². The quantitative estimate of drug-likeness (QED) is 0.665. The van der Waals surface area contributed by atoms with Crippen LogP contribution in [0.4, 0.5) is 5.69 Å². The molecule has 1 heterocycles. The highest BCUT2D eigenvalue weighted by atomic mass is 16.5. The van der Waals surface area contributed by atoms with Crippen LogP contribution in [0.3, 0.4) is 0 Å². The maximum absolute atomic E-state index is 11.7. The Labute approximate surface area is 117 Å². The van der Waals surface area contributed by atoms with E-state index in [0.717, 1.165) is 5.56 Å². The van der Waals surface area contributed by atoms with E-state index in [9.17, 15) is 4.79 Å². The van der Waals surface area contributed by atoms with Crippen LogP contribution in [-0.4, -0.2) is 18.1 Å². The van der Waals surface area contributed by atoms with E-state index in [-0.39, 0.29) is 19.0 Å². The van der Waals surface area contributed by atoms with Gasteiger partial charge in [-0.15, -0.1) is 0 Å². The molecule has 2 N–H and O–H groups in total. The Kier molecular flexibility index (Phi) is 4.55. The van der Waals surface area contributed by atoms with Crippen LogP contribution in [0.2, 0.25) is 0 Å². The first kappa shape index (κ1) is 13.9. The second-order valence-corrected chi connectivity index (χ2v) is 4.25. The first-order valence-corrected chi connectivity index (χ1v) is 6.17. The van der Waals surface area contributed by atoms with Gasteiger partial charge in [-0.2, -0.15) is 0 Å². The molecule has 0 radical (unpaired) electrons. The number of pyridine rings is 1. The summed E-state index contributed by atoms with van der Waals surface area (Å²) >= 11 is 0. The van der Waals surface area contributed by atoms with Gasteiger partial charge in [-0.05, 0) is 23.8 Å². The highest BCUT2D eigenvalue weighted by Gasteiger charge is 2.06. The molecule has 0 spiro atoms. The fraction of sp³-hybridized carbons (Fsp3) is 0.200. The summed E-state index contributed by atoms with van der Waals surface area (Å²) in [6.07, 6.45) is 0.189. The van der Waals surface area contributed by atoms with Crippen molar-refractivity contribution in [2.75, 3.05) is 12.8 Å². The molecule has 1 aromatic carbocycles. The maximum Gasteiger partial charge on any atom is 0.310 e. The van der Waals surface area contributed by atoms with Gasteiger partial charge in [0.05, 0.1) is 19.2 Å². The number of hydrogen-bond acceptors (Lipinski definition) is 5. The Bertz CT molecular complexity index is 599. The molecule has 0 aliphatic rings. The minimum absolute atomic E-state index is 0.123. The number of rotatable bonds is 5. The molecule has 104 valence electrons. The predicted octanol–water partition coefficient (Wildman–Crippen LogP) is 1.96. The molecule has 2 rings (SSSR count). The lowest BCUT2D eigenvalue weighted by atomic mass is 10.1. The third-order valence-electron chi connectivity index (χ3n) is 2.67. The van der Waals surface area contributed by atoms with Gasteiger partial charge in [-0.25, -0.2) is 4.98 Å². The lowest BCUT2D eigenvalue weighted by Gasteiger charge is -2.06. The number of methoxy groups -OCH3 is 1. The summed E-state index contributed by atoms with van der Waals surface area (Å²) in [5.41, 5.74) is 7.76. The minimum Gasteiger partial charge on any atom is -0.481 e. The predicted molar refractivity (Wildman–Crippen MR) is 75.1 cm³/mol. The van der Waals surface area contributed by atoms with Crippen LogP contribution < -0.4 is 10.5 Å². The SMILES string of the molecule is COc1cccc(COC(=O)Cc2cccc(N)c2)n1. The third kappa shape index (κ3) is 3.98. The molecule has 1 aromatic heterocycles. The van der Waals surface area contributed by atoms with Crippen molar-refractivity contribution in [3.63, 3.8) is 0 Å². The highest BCUT2D eigenvalue weighted by Crippen LogP contribution is 2.10. The lowest BCUT2D eigenvalue weighted by Crippen LogP contribution is -2.09. The first-order valence-electron chi connectivity index (χ1n) is 6.17. The van der Waals surface area contributed by atoms with E-state index >= 15 is 0 Å². The van der Waals surface area contributed by atoms with Crippen molar-refractivity contribution in [1.29, 1.82) is 0 Å². The molecule has 0 unspecified atom stereocenters. The molecule has 0 amide bonds. The zero-order valence-corrected chi connectivity index (χ0v) is 11.2. The van der Waals surface area contributed by atoms with Crippen molar-refractivity contribution in [2.45, 2.75) is 13.0 Å². The average Bonchev–Trinajstić information content (AvgIpc) is 2.45. The maximum atomic E-state index is 11.7. The zero-order valence-electron chi connectivity index (χ0n) is 11.2. The Morgan fingerprint density at radius 3 is 2.80 bits per heavy atom. The zero-order chi connectivity index (χ0) is 14.4. The molecule has 0 saturated carbocycles. The van der Waals surface area contributed by atoms with Crippen LogP contribution >= 0.6 is 0 Å². The molecule has 20 heavy (non-hydrogen) atoms. The second kappa shape index (κ2) is 6.56. The molecule has 5 nitrogen and oxygen atoms in total. The molecule has 5 heteroatoms. The van der Waals surface area contributed by atoms with Gasteiger partial charge in [0, 0.05) is 11.8 Å². The Morgan fingerprint density at radius 2 is 2.05 bits per heavy atom. The van der Waals surface area contributed by atoms with Gasteiger partial charge in [0.1, 0.15) is 6.61 Å². The molecular weight excluding hydrogens is 256 g/mol. The third-order valence-corrected chi connectivity index (χ3v) is 2.67. The smallest absolute Gasteiger partial charge is 0.310 e. The van der Waals surface area contributed by atoms with Crippen molar-refractivity contribution in [2.24, 2.45) is 0 Å². The number of carbonyl (C=O) groups excluding carboxylic acids is 1. The van der Waals surface area contributed by atoms with Crippen molar-refractivity contribution in [3.05, 3.63) is 53.7 Å².